The Bertz CT molecular complexity index is 179. The van der Waals surface area contributed by atoms with Gasteiger partial charge in [-0.3, -0.25) is 0 Å². The lowest BCUT2D eigenvalue weighted by Crippen LogP contribution is -1.74. The van der Waals surface area contributed by atoms with Crippen molar-refractivity contribution in [2.45, 2.75) is 0 Å². The predicted molar refractivity (Wildman–Crippen MR) is 25.1 cm³/mol. The minimum atomic E-state index is 0.169. The molecule has 1 rings (SSSR count). The van der Waals surface area contributed by atoms with Gasteiger partial charge in [-0.1, -0.05) is 0 Å². The quantitative estimate of drug-likeness (QED) is 0.467. The monoisotopic (exact) mass is 114 g/mol. The summed E-state index contributed by atoms with van der Waals surface area (Å²) < 4.78 is 4.57. The molecular formula is C3H2N2OS. The largest absolute Gasteiger partial charge is 0.436 e. The average molecular weight is 114 g/mol. The molecule has 0 radical (unpaired) electrons. The minimum absolute atomic E-state index is 0.169. The zero-order valence-electron chi connectivity index (χ0n) is 3.37. The van der Waals surface area contributed by atoms with E-state index in [1.807, 2.05) is 0 Å². The number of hydrogen-bond acceptors (Lipinski definition) is 4. The molecule has 0 saturated carbocycles. The highest BCUT2D eigenvalue weighted by Crippen LogP contribution is 1.76. The van der Waals surface area contributed by atoms with Crippen LogP contribution in [-0.4, -0.2) is 10.2 Å². The van der Waals surface area contributed by atoms with E-state index < -0.39 is 0 Å². The average Bonchev–Trinajstić information content (AvgIpc) is 1.69. The topological polar surface area (TPSA) is 38.9 Å². The highest BCUT2D eigenvalue weighted by atomic mass is 32.1. The standard InChI is InChI=1S/C3H2N2OS/c7-3-5-4-1-2-6-3/h1-2H. The highest BCUT2D eigenvalue weighted by molar-refractivity contribution is 7.71. The van der Waals surface area contributed by atoms with Gasteiger partial charge in [0.2, 0.25) is 0 Å². The maximum atomic E-state index is 4.57. The van der Waals surface area contributed by atoms with Crippen molar-refractivity contribution < 1.29 is 4.42 Å². The van der Waals surface area contributed by atoms with Crippen LogP contribution in [0.3, 0.4) is 0 Å². The van der Waals surface area contributed by atoms with Gasteiger partial charge in [0.05, 0.1) is 6.20 Å². The fraction of sp³-hybridized carbons (Fsp3) is 0. The van der Waals surface area contributed by atoms with Crippen molar-refractivity contribution in [2.24, 2.45) is 0 Å². The van der Waals surface area contributed by atoms with Crippen LogP contribution in [0.2, 0.25) is 0 Å². The van der Waals surface area contributed by atoms with E-state index in [1.54, 1.807) is 0 Å². The van der Waals surface area contributed by atoms with E-state index in [1.165, 1.54) is 12.5 Å². The predicted octanol–water partition coefficient (Wildman–Crippen LogP) is 0.799. The Morgan fingerprint density at radius 2 is 2.57 bits per heavy atom. The molecule has 3 nitrogen and oxygen atoms in total. The molecule has 0 N–H and O–H groups in total. The van der Waals surface area contributed by atoms with E-state index in [0.29, 0.717) is 0 Å². The van der Waals surface area contributed by atoms with Crippen molar-refractivity contribution in [3.05, 3.63) is 17.3 Å². The van der Waals surface area contributed by atoms with Crippen LogP contribution in [0, 0.1) is 4.84 Å². The summed E-state index contributed by atoms with van der Waals surface area (Å²) in [6.07, 6.45) is 2.81. The molecule has 0 fully saturated rings. The Morgan fingerprint density at radius 1 is 1.71 bits per heavy atom. The second-order valence-electron chi connectivity index (χ2n) is 0.884. The summed E-state index contributed by atoms with van der Waals surface area (Å²) in [6.45, 7) is 0. The molecule has 0 bridgehead atoms. The summed E-state index contributed by atoms with van der Waals surface area (Å²) in [4.78, 5) is 0.169. The van der Waals surface area contributed by atoms with E-state index in [9.17, 15) is 0 Å². The second kappa shape index (κ2) is 1.79. The van der Waals surface area contributed by atoms with Gasteiger partial charge in [-0.2, -0.15) is 5.10 Å². The van der Waals surface area contributed by atoms with Crippen LogP contribution in [0.1, 0.15) is 0 Å². The molecule has 1 heterocycles. The third-order valence-corrected chi connectivity index (χ3v) is 0.614. The maximum Gasteiger partial charge on any atom is 0.307 e. The molecular weight excluding hydrogens is 112 g/mol. The molecule has 36 valence electrons. The first-order valence-corrected chi connectivity index (χ1v) is 2.07. The Kier molecular flexibility index (Phi) is 1.12. The zero-order chi connectivity index (χ0) is 5.11. The minimum Gasteiger partial charge on any atom is -0.436 e. The van der Waals surface area contributed by atoms with Gasteiger partial charge < -0.3 is 4.42 Å². The Hall–Kier alpha value is -0.770. The van der Waals surface area contributed by atoms with Gasteiger partial charge in [0.15, 0.2) is 0 Å². The molecule has 0 amide bonds. The van der Waals surface area contributed by atoms with Crippen molar-refractivity contribution >= 4 is 12.2 Å². The van der Waals surface area contributed by atoms with Gasteiger partial charge >= 0.3 is 4.84 Å². The first kappa shape index (κ1) is 4.39. The van der Waals surface area contributed by atoms with E-state index in [4.69, 9.17) is 0 Å². The number of aromatic nitrogens is 2. The van der Waals surface area contributed by atoms with Crippen LogP contribution in [0.25, 0.3) is 0 Å². The van der Waals surface area contributed by atoms with E-state index in [2.05, 4.69) is 26.8 Å². The van der Waals surface area contributed by atoms with Crippen molar-refractivity contribution in [2.75, 3.05) is 0 Å². The molecule has 0 atom stereocenters. The maximum absolute atomic E-state index is 4.57. The molecule has 0 unspecified atom stereocenters. The molecule has 4 heteroatoms. The summed E-state index contributed by atoms with van der Waals surface area (Å²) in [6, 6.07) is 0. The lowest BCUT2D eigenvalue weighted by Gasteiger charge is -1.73. The lowest BCUT2D eigenvalue weighted by molar-refractivity contribution is 0.491. The molecule has 0 aliphatic carbocycles. The van der Waals surface area contributed by atoms with Crippen LogP contribution < -0.4 is 0 Å². The van der Waals surface area contributed by atoms with Gasteiger partial charge in [-0.25, -0.2) is 0 Å². The van der Waals surface area contributed by atoms with Crippen LogP contribution in [0.5, 0.6) is 0 Å². The van der Waals surface area contributed by atoms with E-state index in [-0.39, 0.29) is 4.84 Å². The molecule has 0 aliphatic rings. The SMILES string of the molecule is S=c1nncco1. The fourth-order valence-corrected chi connectivity index (χ4v) is 0.323. The Morgan fingerprint density at radius 3 is 2.86 bits per heavy atom. The normalized spacial score (nSPS) is 8.57. The fourth-order valence-electron chi connectivity index (χ4n) is 0.220. The summed E-state index contributed by atoms with van der Waals surface area (Å²) in [5.41, 5.74) is 0. The van der Waals surface area contributed by atoms with Crippen molar-refractivity contribution in [3.8, 4) is 0 Å². The zero-order valence-corrected chi connectivity index (χ0v) is 4.18. The van der Waals surface area contributed by atoms with E-state index in [0.717, 1.165) is 0 Å². The van der Waals surface area contributed by atoms with Crippen LogP contribution in [0.15, 0.2) is 16.9 Å². The Labute approximate surface area is 45.0 Å². The number of rotatable bonds is 0. The van der Waals surface area contributed by atoms with Crippen molar-refractivity contribution in [1.82, 2.24) is 10.2 Å². The third-order valence-electron chi connectivity index (χ3n) is 0.436. The molecule has 0 aliphatic heterocycles. The second-order valence-corrected chi connectivity index (χ2v) is 1.23. The van der Waals surface area contributed by atoms with Crippen LogP contribution in [-0.2, 0) is 0 Å². The summed E-state index contributed by atoms with van der Waals surface area (Å²) in [7, 11) is 0. The molecule has 0 spiro atoms. The number of hydrogen-bond donors (Lipinski definition) is 0. The summed E-state index contributed by atoms with van der Waals surface area (Å²) in [5, 5.41) is 6.81. The van der Waals surface area contributed by atoms with Crippen molar-refractivity contribution in [3.63, 3.8) is 0 Å². The van der Waals surface area contributed by atoms with Crippen LogP contribution in [0.4, 0.5) is 0 Å². The molecule has 7 heavy (non-hydrogen) atoms. The molecule has 0 saturated heterocycles. The smallest absolute Gasteiger partial charge is 0.307 e. The lowest BCUT2D eigenvalue weighted by atomic mass is 11.0. The highest BCUT2D eigenvalue weighted by Gasteiger charge is 1.71. The van der Waals surface area contributed by atoms with Gasteiger partial charge in [-0.05, 0) is 12.2 Å². The first-order valence-electron chi connectivity index (χ1n) is 1.66. The summed E-state index contributed by atoms with van der Waals surface area (Å²) >= 11 is 4.47. The first-order chi connectivity index (χ1) is 3.39. The van der Waals surface area contributed by atoms with Crippen LogP contribution >= 0.6 is 12.2 Å². The van der Waals surface area contributed by atoms with Crippen molar-refractivity contribution in [1.29, 1.82) is 0 Å². The third kappa shape index (κ3) is 1.04. The van der Waals surface area contributed by atoms with Gasteiger partial charge in [0.25, 0.3) is 0 Å². The number of nitrogens with zero attached hydrogens (tertiary/aromatic N) is 2. The summed E-state index contributed by atoms with van der Waals surface area (Å²) in [5.74, 6) is 0. The van der Waals surface area contributed by atoms with E-state index >= 15 is 0 Å². The molecule has 1 aromatic rings. The van der Waals surface area contributed by atoms with Gasteiger partial charge in [0, 0.05) is 0 Å². The molecule has 1 aromatic heterocycles. The van der Waals surface area contributed by atoms with Gasteiger partial charge in [0.1, 0.15) is 6.26 Å². The molecule has 0 aromatic carbocycles. The Balaban J connectivity index is 3.28. The van der Waals surface area contributed by atoms with Gasteiger partial charge in [-0.15, -0.1) is 5.10 Å².